The summed E-state index contributed by atoms with van der Waals surface area (Å²) in [6.07, 6.45) is 1.74. The Morgan fingerprint density at radius 1 is 1.04 bits per heavy atom. The van der Waals surface area contributed by atoms with Gasteiger partial charge >= 0.3 is 0 Å². The highest BCUT2D eigenvalue weighted by Gasteiger charge is 2.28. The first-order valence-electron chi connectivity index (χ1n) is 8.47. The Morgan fingerprint density at radius 3 is 2.38 bits per heavy atom. The van der Waals surface area contributed by atoms with Gasteiger partial charge in [-0.1, -0.05) is 6.07 Å². The quantitative estimate of drug-likeness (QED) is 0.783. The number of halogens is 1. The lowest BCUT2D eigenvalue weighted by molar-refractivity contribution is 0.102. The molecule has 1 heterocycles. The average molecular weight is 437 g/mol. The Morgan fingerprint density at radius 2 is 1.73 bits per heavy atom. The molecule has 3 rings (SSSR count). The van der Waals surface area contributed by atoms with Crippen LogP contribution in [0.1, 0.15) is 34.3 Å². The van der Waals surface area contributed by atoms with Gasteiger partial charge in [0.05, 0.1) is 10.5 Å². The molecule has 1 aliphatic rings. The number of nitrogens with one attached hydrogen (secondary N) is 1. The van der Waals surface area contributed by atoms with E-state index in [9.17, 15) is 13.2 Å². The Kier molecular flexibility index (Phi) is 5.50. The van der Waals surface area contributed by atoms with Crippen LogP contribution in [-0.2, 0) is 10.0 Å². The van der Waals surface area contributed by atoms with Crippen molar-refractivity contribution in [3.63, 3.8) is 0 Å². The maximum atomic E-state index is 12.7. The van der Waals surface area contributed by atoms with E-state index in [1.807, 2.05) is 32.0 Å². The minimum atomic E-state index is -3.56. The van der Waals surface area contributed by atoms with Crippen LogP contribution in [0, 0.1) is 13.8 Å². The van der Waals surface area contributed by atoms with Crippen molar-refractivity contribution in [3.8, 4) is 0 Å². The molecule has 0 radical (unpaired) electrons. The highest BCUT2D eigenvalue weighted by atomic mass is 79.9. The second-order valence-corrected chi connectivity index (χ2v) is 9.30. The number of aryl methyl sites for hydroxylation is 2. The monoisotopic (exact) mass is 436 g/mol. The van der Waals surface area contributed by atoms with Crippen molar-refractivity contribution >= 4 is 37.5 Å². The number of nitrogens with zero attached hydrogens (tertiary/aromatic N) is 1. The van der Waals surface area contributed by atoms with Gasteiger partial charge in [-0.25, -0.2) is 8.42 Å². The zero-order chi connectivity index (χ0) is 18.9. The lowest BCUT2D eigenvalue weighted by Crippen LogP contribution is -2.28. The normalized spacial score (nSPS) is 15.2. The molecule has 0 spiro atoms. The fourth-order valence-corrected chi connectivity index (χ4v) is 4.90. The molecule has 0 saturated carbocycles. The van der Waals surface area contributed by atoms with Gasteiger partial charge in [0.15, 0.2) is 0 Å². The molecule has 26 heavy (non-hydrogen) atoms. The molecule has 2 aromatic carbocycles. The largest absolute Gasteiger partial charge is 0.322 e. The van der Waals surface area contributed by atoms with Gasteiger partial charge in [0.25, 0.3) is 5.91 Å². The number of amides is 1. The first-order valence-corrected chi connectivity index (χ1v) is 10.7. The summed E-state index contributed by atoms with van der Waals surface area (Å²) in [5.74, 6) is -0.349. The first-order chi connectivity index (χ1) is 12.3. The Labute approximate surface area is 162 Å². The van der Waals surface area contributed by atoms with Gasteiger partial charge in [0.1, 0.15) is 0 Å². The summed E-state index contributed by atoms with van der Waals surface area (Å²) in [5.41, 5.74) is 3.19. The Balaban J connectivity index is 1.89. The molecule has 2 aromatic rings. The second-order valence-electron chi connectivity index (χ2n) is 6.51. The van der Waals surface area contributed by atoms with E-state index in [-0.39, 0.29) is 10.8 Å². The second kappa shape index (κ2) is 7.50. The fourth-order valence-electron chi connectivity index (χ4n) is 2.93. The number of rotatable bonds is 4. The van der Waals surface area contributed by atoms with Gasteiger partial charge in [-0.15, -0.1) is 0 Å². The molecule has 1 aliphatic heterocycles. The summed E-state index contributed by atoms with van der Waals surface area (Å²) >= 11 is 3.35. The van der Waals surface area contributed by atoms with Crippen molar-refractivity contribution in [2.24, 2.45) is 0 Å². The van der Waals surface area contributed by atoms with Gasteiger partial charge in [0, 0.05) is 23.2 Å². The number of carbonyl (C=O) groups excluding carboxylic acids is 1. The first kappa shape index (κ1) is 19.1. The van der Waals surface area contributed by atoms with Crippen molar-refractivity contribution in [1.29, 1.82) is 0 Å². The summed E-state index contributed by atoms with van der Waals surface area (Å²) in [4.78, 5) is 12.8. The van der Waals surface area contributed by atoms with E-state index in [1.54, 1.807) is 6.07 Å². The van der Waals surface area contributed by atoms with Crippen LogP contribution >= 0.6 is 15.9 Å². The van der Waals surface area contributed by atoms with Gasteiger partial charge in [-0.05, 0) is 84.1 Å². The number of carbonyl (C=O) groups is 1. The molecule has 0 unspecified atom stereocenters. The number of hydrogen-bond acceptors (Lipinski definition) is 3. The van der Waals surface area contributed by atoms with E-state index < -0.39 is 10.0 Å². The maximum absolute atomic E-state index is 12.7. The van der Waals surface area contributed by atoms with Crippen LogP contribution < -0.4 is 5.32 Å². The van der Waals surface area contributed by atoms with Gasteiger partial charge in [-0.2, -0.15) is 4.31 Å². The topological polar surface area (TPSA) is 66.5 Å². The molecule has 138 valence electrons. The number of benzene rings is 2. The molecule has 1 saturated heterocycles. The van der Waals surface area contributed by atoms with E-state index in [2.05, 4.69) is 21.2 Å². The molecule has 0 bridgehead atoms. The van der Waals surface area contributed by atoms with E-state index in [4.69, 9.17) is 0 Å². The third-order valence-corrected chi connectivity index (χ3v) is 7.24. The zero-order valence-corrected chi connectivity index (χ0v) is 17.2. The molecule has 5 nitrogen and oxygen atoms in total. The minimum absolute atomic E-state index is 0.146. The molecule has 0 atom stereocenters. The van der Waals surface area contributed by atoms with E-state index in [0.717, 1.165) is 24.0 Å². The molecule has 0 aromatic heterocycles. The Bertz CT molecular complexity index is 951. The lowest BCUT2D eigenvalue weighted by atomic mass is 10.1. The number of hydrogen-bond donors (Lipinski definition) is 1. The highest BCUT2D eigenvalue weighted by molar-refractivity contribution is 9.10. The third-order valence-electron chi connectivity index (χ3n) is 4.65. The van der Waals surface area contributed by atoms with Gasteiger partial charge < -0.3 is 5.32 Å². The maximum Gasteiger partial charge on any atom is 0.256 e. The van der Waals surface area contributed by atoms with Crippen LogP contribution in [0.15, 0.2) is 45.8 Å². The summed E-state index contributed by atoms with van der Waals surface area (Å²) in [6.45, 7) is 5.04. The van der Waals surface area contributed by atoms with Crippen molar-refractivity contribution in [3.05, 3.63) is 57.6 Å². The van der Waals surface area contributed by atoms with E-state index >= 15 is 0 Å². The van der Waals surface area contributed by atoms with Crippen LogP contribution in [0.2, 0.25) is 0 Å². The van der Waals surface area contributed by atoms with Crippen molar-refractivity contribution < 1.29 is 13.2 Å². The van der Waals surface area contributed by atoms with Crippen LogP contribution in [0.3, 0.4) is 0 Å². The van der Waals surface area contributed by atoms with Crippen molar-refractivity contribution in [2.45, 2.75) is 31.6 Å². The standard InChI is InChI=1S/C19H21BrN2O3S/c1-13-5-6-15(11-14(13)2)21-19(23)17-12-16(7-8-18(17)20)26(24,25)22-9-3-4-10-22/h5-8,11-12H,3-4,9-10H2,1-2H3,(H,21,23). The Hall–Kier alpha value is -1.70. The SMILES string of the molecule is Cc1ccc(NC(=O)c2cc(S(=O)(=O)N3CCCC3)ccc2Br)cc1C. The predicted molar refractivity (Wildman–Crippen MR) is 106 cm³/mol. The minimum Gasteiger partial charge on any atom is -0.322 e. The summed E-state index contributed by atoms with van der Waals surface area (Å²) in [5, 5.41) is 2.84. The van der Waals surface area contributed by atoms with Crippen molar-refractivity contribution in [1.82, 2.24) is 4.31 Å². The molecule has 1 amide bonds. The number of sulfonamides is 1. The predicted octanol–water partition coefficient (Wildman–Crippen LogP) is 4.10. The highest BCUT2D eigenvalue weighted by Crippen LogP contribution is 2.26. The third kappa shape index (κ3) is 3.84. The molecule has 0 aliphatic carbocycles. The molecular formula is C19H21BrN2O3S. The van der Waals surface area contributed by atoms with Crippen molar-refractivity contribution in [2.75, 3.05) is 18.4 Å². The molecular weight excluding hydrogens is 416 g/mol. The summed E-state index contributed by atoms with van der Waals surface area (Å²) < 4.78 is 27.5. The van der Waals surface area contributed by atoms with Crippen LogP contribution in [0.4, 0.5) is 5.69 Å². The van der Waals surface area contributed by atoms with Gasteiger partial charge in [-0.3, -0.25) is 4.79 Å². The van der Waals surface area contributed by atoms with Crippen LogP contribution in [-0.4, -0.2) is 31.7 Å². The van der Waals surface area contributed by atoms with Crippen LogP contribution in [0.25, 0.3) is 0 Å². The molecule has 1 fully saturated rings. The summed E-state index contributed by atoms with van der Waals surface area (Å²) in [6, 6.07) is 10.2. The van der Waals surface area contributed by atoms with Gasteiger partial charge in [0.2, 0.25) is 10.0 Å². The summed E-state index contributed by atoms with van der Waals surface area (Å²) in [7, 11) is -3.56. The number of anilines is 1. The fraction of sp³-hybridized carbons (Fsp3) is 0.316. The average Bonchev–Trinajstić information content (AvgIpc) is 3.13. The zero-order valence-electron chi connectivity index (χ0n) is 14.8. The molecule has 7 heteroatoms. The smallest absolute Gasteiger partial charge is 0.256 e. The molecule has 1 N–H and O–H groups in total. The van der Waals surface area contributed by atoms with Crippen LogP contribution in [0.5, 0.6) is 0 Å². The van der Waals surface area contributed by atoms with E-state index in [1.165, 1.54) is 16.4 Å². The lowest BCUT2D eigenvalue weighted by Gasteiger charge is -2.16. The van der Waals surface area contributed by atoms with E-state index in [0.29, 0.717) is 28.8 Å².